The molecule has 2 aromatic carbocycles. The van der Waals surface area contributed by atoms with E-state index in [-0.39, 0.29) is 11.8 Å². The molecule has 1 saturated heterocycles. The van der Waals surface area contributed by atoms with E-state index in [0.29, 0.717) is 24.7 Å². The van der Waals surface area contributed by atoms with Crippen molar-refractivity contribution in [1.29, 1.82) is 0 Å². The van der Waals surface area contributed by atoms with Crippen LogP contribution < -0.4 is 9.80 Å². The smallest absolute Gasteiger partial charge is 0.257 e. The van der Waals surface area contributed by atoms with Crippen molar-refractivity contribution in [2.75, 3.05) is 30.4 Å². The molecular weight excluding hydrogens is 340 g/mol. The average molecular weight is 362 g/mol. The molecule has 1 fully saturated rings. The summed E-state index contributed by atoms with van der Waals surface area (Å²) in [5, 5.41) is 4.13. The molecule has 0 spiro atoms. The van der Waals surface area contributed by atoms with Crippen LogP contribution in [0.15, 0.2) is 53.1 Å². The molecule has 4 rings (SSSR count). The van der Waals surface area contributed by atoms with Crippen LogP contribution in [0.3, 0.4) is 0 Å². The van der Waals surface area contributed by atoms with E-state index in [9.17, 15) is 4.79 Å². The first-order valence-electron chi connectivity index (χ1n) is 8.99. The first kappa shape index (κ1) is 17.3. The Labute approximate surface area is 158 Å². The number of anilines is 2. The van der Waals surface area contributed by atoms with Gasteiger partial charge in [0.25, 0.3) is 5.89 Å². The normalized spacial score (nSPS) is 16.8. The highest BCUT2D eigenvalue weighted by Gasteiger charge is 2.34. The number of carbonyl (C=O) groups is 1. The summed E-state index contributed by atoms with van der Waals surface area (Å²) in [4.78, 5) is 20.8. The molecule has 1 aromatic heterocycles. The molecule has 1 aliphatic rings. The van der Waals surface area contributed by atoms with E-state index < -0.39 is 0 Å². The topological polar surface area (TPSA) is 62.5 Å². The summed E-state index contributed by atoms with van der Waals surface area (Å²) in [7, 11) is 3.99. The summed E-state index contributed by atoms with van der Waals surface area (Å²) in [5.74, 6) is 1.10. The Kier molecular flexibility index (Phi) is 4.39. The van der Waals surface area contributed by atoms with Crippen molar-refractivity contribution in [1.82, 2.24) is 10.1 Å². The number of carbonyl (C=O) groups excluding carboxylic acids is 1. The fourth-order valence-corrected chi connectivity index (χ4v) is 3.27. The molecule has 1 amide bonds. The Bertz CT molecular complexity index is 945. The first-order valence-corrected chi connectivity index (χ1v) is 8.99. The highest BCUT2D eigenvalue weighted by Crippen LogP contribution is 2.31. The van der Waals surface area contributed by atoms with Gasteiger partial charge in [-0.1, -0.05) is 22.9 Å². The predicted molar refractivity (Wildman–Crippen MR) is 105 cm³/mol. The molecule has 1 aliphatic heterocycles. The van der Waals surface area contributed by atoms with Gasteiger partial charge in [-0.25, -0.2) is 0 Å². The minimum Gasteiger partial charge on any atom is -0.378 e. The third-order valence-corrected chi connectivity index (χ3v) is 4.91. The molecule has 6 nitrogen and oxygen atoms in total. The Hall–Kier alpha value is -3.15. The lowest BCUT2D eigenvalue weighted by Crippen LogP contribution is -2.24. The number of hydrogen-bond donors (Lipinski definition) is 0. The Balaban J connectivity index is 1.52. The lowest BCUT2D eigenvalue weighted by Gasteiger charge is -2.16. The van der Waals surface area contributed by atoms with Crippen LogP contribution in [0.1, 0.15) is 23.7 Å². The maximum absolute atomic E-state index is 12.5. The fourth-order valence-electron chi connectivity index (χ4n) is 3.27. The second kappa shape index (κ2) is 6.87. The van der Waals surface area contributed by atoms with E-state index in [1.54, 1.807) is 4.90 Å². The van der Waals surface area contributed by atoms with Gasteiger partial charge in [0, 0.05) is 49.9 Å². The van der Waals surface area contributed by atoms with Crippen LogP contribution in [0.4, 0.5) is 11.4 Å². The van der Waals surface area contributed by atoms with Crippen LogP contribution in [0.25, 0.3) is 11.5 Å². The van der Waals surface area contributed by atoms with Gasteiger partial charge < -0.3 is 14.3 Å². The zero-order valence-electron chi connectivity index (χ0n) is 15.7. The van der Waals surface area contributed by atoms with Gasteiger partial charge in [0.2, 0.25) is 5.91 Å². The van der Waals surface area contributed by atoms with Crippen LogP contribution >= 0.6 is 0 Å². The number of benzene rings is 2. The molecule has 6 heteroatoms. The number of amides is 1. The molecular formula is C21H22N4O2. The molecule has 27 heavy (non-hydrogen) atoms. The Morgan fingerprint density at radius 3 is 2.44 bits per heavy atom. The largest absolute Gasteiger partial charge is 0.378 e. The van der Waals surface area contributed by atoms with E-state index in [2.05, 4.69) is 10.1 Å². The molecule has 0 aliphatic carbocycles. The fraction of sp³-hybridized carbons (Fsp3) is 0.286. The van der Waals surface area contributed by atoms with Crippen molar-refractivity contribution < 1.29 is 9.32 Å². The highest BCUT2D eigenvalue weighted by atomic mass is 16.5. The first-order chi connectivity index (χ1) is 13.0. The minimum absolute atomic E-state index is 0.0580. The van der Waals surface area contributed by atoms with Crippen molar-refractivity contribution in [2.24, 2.45) is 0 Å². The molecule has 1 unspecified atom stereocenters. The van der Waals surface area contributed by atoms with Gasteiger partial charge in [0.05, 0.1) is 0 Å². The molecule has 3 aromatic rings. The summed E-state index contributed by atoms with van der Waals surface area (Å²) < 4.78 is 5.45. The van der Waals surface area contributed by atoms with Gasteiger partial charge in [0.15, 0.2) is 5.82 Å². The van der Waals surface area contributed by atoms with Crippen LogP contribution in [-0.2, 0) is 4.79 Å². The standard InChI is InChI=1S/C21H22N4O2/c1-14-4-8-18(9-5-14)25-13-16(12-19(25)26)20-22-21(27-23-20)15-6-10-17(11-7-15)24(2)3/h4-11,16H,12-13H2,1-3H3. The lowest BCUT2D eigenvalue weighted by atomic mass is 10.1. The van der Waals surface area contributed by atoms with Crippen molar-refractivity contribution in [3.8, 4) is 11.5 Å². The predicted octanol–water partition coefficient (Wildman–Crippen LogP) is 3.63. The molecule has 0 bridgehead atoms. The third-order valence-electron chi connectivity index (χ3n) is 4.91. The maximum Gasteiger partial charge on any atom is 0.257 e. The zero-order valence-corrected chi connectivity index (χ0v) is 15.7. The van der Waals surface area contributed by atoms with Crippen LogP contribution in [0, 0.1) is 6.92 Å². The van der Waals surface area contributed by atoms with E-state index in [0.717, 1.165) is 16.9 Å². The minimum atomic E-state index is -0.0580. The molecule has 1 atom stereocenters. The summed E-state index contributed by atoms with van der Waals surface area (Å²) in [6.45, 7) is 2.60. The molecule has 0 radical (unpaired) electrons. The van der Waals surface area contributed by atoms with Crippen molar-refractivity contribution in [3.05, 3.63) is 59.9 Å². The second-order valence-corrected chi connectivity index (χ2v) is 7.14. The number of nitrogens with zero attached hydrogens (tertiary/aromatic N) is 4. The number of hydrogen-bond acceptors (Lipinski definition) is 5. The Morgan fingerprint density at radius 1 is 1.07 bits per heavy atom. The molecule has 0 N–H and O–H groups in total. The van der Waals surface area contributed by atoms with Crippen LogP contribution in [0.2, 0.25) is 0 Å². The molecule has 0 saturated carbocycles. The zero-order chi connectivity index (χ0) is 19.0. The van der Waals surface area contributed by atoms with E-state index in [4.69, 9.17) is 4.52 Å². The number of rotatable bonds is 4. The summed E-state index contributed by atoms with van der Waals surface area (Å²) in [5.41, 5.74) is 4.06. The van der Waals surface area contributed by atoms with E-state index in [1.165, 1.54) is 5.56 Å². The van der Waals surface area contributed by atoms with Crippen molar-refractivity contribution in [3.63, 3.8) is 0 Å². The van der Waals surface area contributed by atoms with Gasteiger partial charge in [-0.2, -0.15) is 4.98 Å². The van der Waals surface area contributed by atoms with Crippen molar-refractivity contribution in [2.45, 2.75) is 19.3 Å². The Morgan fingerprint density at radius 2 is 1.78 bits per heavy atom. The third kappa shape index (κ3) is 3.43. The summed E-state index contributed by atoms with van der Waals surface area (Å²) in [6.07, 6.45) is 0.395. The van der Waals surface area contributed by atoms with Crippen LogP contribution in [0.5, 0.6) is 0 Å². The van der Waals surface area contributed by atoms with Gasteiger partial charge >= 0.3 is 0 Å². The molecule has 138 valence electrons. The number of aromatic nitrogens is 2. The second-order valence-electron chi connectivity index (χ2n) is 7.14. The summed E-state index contributed by atoms with van der Waals surface area (Å²) in [6, 6.07) is 15.9. The SMILES string of the molecule is Cc1ccc(N2CC(c3noc(-c4ccc(N(C)C)cc4)n3)CC2=O)cc1. The number of aryl methyl sites for hydroxylation is 1. The summed E-state index contributed by atoms with van der Waals surface area (Å²) >= 11 is 0. The quantitative estimate of drug-likeness (QED) is 0.709. The van der Waals surface area contributed by atoms with Crippen molar-refractivity contribution >= 4 is 17.3 Å². The van der Waals surface area contributed by atoms with Gasteiger partial charge in [-0.3, -0.25) is 4.79 Å². The van der Waals surface area contributed by atoms with Gasteiger partial charge in [0.1, 0.15) is 0 Å². The maximum atomic E-state index is 12.5. The van der Waals surface area contributed by atoms with E-state index in [1.807, 2.05) is 74.4 Å². The average Bonchev–Trinajstić information content (AvgIpc) is 3.29. The van der Waals surface area contributed by atoms with Gasteiger partial charge in [-0.05, 0) is 43.3 Å². The van der Waals surface area contributed by atoms with Crippen LogP contribution in [-0.4, -0.2) is 36.7 Å². The highest BCUT2D eigenvalue weighted by molar-refractivity contribution is 5.96. The van der Waals surface area contributed by atoms with Gasteiger partial charge in [-0.15, -0.1) is 0 Å². The molecule has 2 heterocycles. The monoisotopic (exact) mass is 362 g/mol. The lowest BCUT2D eigenvalue weighted by molar-refractivity contribution is -0.117. The van der Waals surface area contributed by atoms with E-state index >= 15 is 0 Å².